The summed E-state index contributed by atoms with van der Waals surface area (Å²) < 4.78 is 0. The van der Waals surface area contributed by atoms with Crippen LogP contribution in [0.5, 0.6) is 0 Å². The van der Waals surface area contributed by atoms with E-state index in [1.54, 1.807) is 7.05 Å². The van der Waals surface area contributed by atoms with Crippen LogP contribution in [0.3, 0.4) is 0 Å². The van der Waals surface area contributed by atoms with Gasteiger partial charge < -0.3 is 15.7 Å². The van der Waals surface area contributed by atoms with Gasteiger partial charge in [0.2, 0.25) is 0 Å². The predicted octanol–water partition coefficient (Wildman–Crippen LogP) is 2.07. The fourth-order valence-electron chi connectivity index (χ4n) is 2.59. The van der Waals surface area contributed by atoms with E-state index in [9.17, 15) is 9.90 Å². The van der Waals surface area contributed by atoms with Crippen LogP contribution >= 0.6 is 0 Å². The molecule has 19 heavy (non-hydrogen) atoms. The number of aryl methyl sites for hydroxylation is 1. The molecule has 1 aromatic carbocycles. The molecule has 1 aliphatic rings. The molecule has 0 aliphatic heterocycles. The number of benzene rings is 1. The number of amides is 1. The molecule has 3 N–H and O–H groups in total. The molecule has 104 valence electrons. The van der Waals surface area contributed by atoms with Gasteiger partial charge in [0, 0.05) is 12.7 Å². The Hall–Kier alpha value is -1.55. The van der Waals surface area contributed by atoms with Crippen LogP contribution in [0.4, 0.5) is 5.69 Å². The van der Waals surface area contributed by atoms with Gasteiger partial charge in [0.25, 0.3) is 5.91 Å². The first-order chi connectivity index (χ1) is 9.11. The molecule has 2 rings (SSSR count). The number of hydrogen-bond donors (Lipinski definition) is 3. The number of anilines is 1. The molecule has 0 heterocycles. The van der Waals surface area contributed by atoms with E-state index in [4.69, 9.17) is 0 Å². The van der Waals surface area contributed by atoms with E-state index < -0.39 is 6.10 Å². The van der Waals surface area contributed by atoms with Gasteiger partial charge in [-0.15, -0.1) is 0 Å². The van der Waals surface area contributed by atoms with Gasteiger partial charge in [-0.25, -0.2) is 0 Å². The van der Waals surface area contributed by atoms with Crippen LogP contribution in [0.1, 0.15) is 41.6 Å². The largest absolute Gasteiger partial charge is 0.391 e. The first-order valence-electron chi connectivity index (χ1n) is 6.89. The number of aliphatic hydroxyl groups excluding tert-OH is 1. The molecule has 2 atom stereocenters. The van der Waals surface area contributed by atoms with Crippen molar-refractivity contribution >= 4 is 11.6 Å². The van der Waals surface area contributed by atoms with Crippen LogP contribution < -0.4 is 10.6 Å². The minimum Gasteiger partial charge on any atom is -0.391 e. The smallest absolute Gasteiger partial charge is 0.253 e. The third-order valence-corrected chi connectivity index (χ3v) is 3.74. The Balaban J connectivity index is 2.11. The van der Waals surface area contributed by atoms with Crippen LogP contribution in [0, 0.1) is 6.92 Å². The predicted molar refractivity (Wildman–Crippen MR) is 76.5 cm³/mol. The minimum atomic E-state index is -0.416. The monoisotopic (exact) mass is 262 g/mol. The van der Waals surface area contributed by atoms with E-state index in [1.807, 2.05) is 25.1 Å². The van der Waals surface area contributed by atoms with Gasteiger partial charge in [-0.3, -0.25) is 4.79 Å². The first kappa shape index (κ1) is 13.9. The summed E-state index contributed by atoms with van der Waals surface area (Å²) in [6, 6.07) is 5.58. The summed E-state index contributed by atoms with van der Waals surface area (Å²) >= 11 is 0. The maximum Gasteiger partial charge on any atom is 0.253 e. The van der Waals surface area contributed by atoms with Gasteiger partial charge in [0.05, 0.1) is 17.7 Å². The molecule has 0 saturated heterocycles. The second kappa shape index (κ2) is 6.06. The molecule has 0 aromatic heterocycles. The summed E-state index contributed by atoms with van der Waals surface area (Å²) in [5.41, 5.74) is 2.56. The molecule has 4 heteroatoms. The third kappa shape index (κ3) is 3.26. The second-order valence-electron chi connectivity index (χ2n) is 5.23. The highest BCUT2D eigenvalue weighted by Crippen LogP contribution is 2.21. The van der Waals surface area contributed by atoms with Gasteiger partial charge in [0.15, 0.2) is 0 Å². The third-order valence-electron chi connectivity index (χ3n) is 3.74. The number of carbonyl (C=O) groups is 1. The maximum absolute atomic E-state index is 12.3. The first-order valence-corrected chi connectivity index (χ1v) is 6.89. The lowest BCUT2D eigenvalue weighted by Crippen LogP contribution is -2.45. The van der Waals surface area contributed by atoms with Crippen molar-refractivity contribution in [2.45, 2.75) is 44.8 Å². The average molecular weight is 262 g/mol. The van der Waals surface area contributed by atoms with Gasteiger partial charge in [-0.05, 0) is 37.5 Å². The summed E-state index contributed by atoms with van der Waals surface area (Å²) in [6.07, 6.45) is 3.32. The molecule has 1 saturated carbocycles. The van der Waals surface area contributed by atoms with E-state index in [0.717, 1.165) is 36.9 Å². The van der Waals surface area contributed by atoms with Crippen LogP contribution in [-0.2, 0) is 0 Å². The van der Waals surface area contributed by atoms with Crippen molar-refractivity contribution < 1.29 is 9.90 Å². The Bertz CT molecular complexity index is 459. The van der Waals surface area contributed by atoms with Gasteiger partial charge in [-0.2, -0.15) is 0 Å². The van der Waals surface area contributed by atoms with Crippen molar-refractivity contribution in [3.63, 3.8) is 0 Å². The summed E-state index contributed by atoms with van der Waals surface area (Å²) in [4.78, 5) is 12.3. The van der Waals surface area contributed by atoms with Crippen LogP contribution in [0.2, 0.25) is 0 Å². The quantitative estimate of drug-likeness (QED) is 0.781. The van der Waals surface area contributed by atoms with Crippen molar-refractivity contribution in [3.05, 3.63) is 29.3 Å². The lowest BCUT2D eigenvalue weighted by Gasteiger charge is -2.28. The highest BCUT2D eigenvalue weighted by Gasteiger charge is 2.25. The Morgan fingerprint density at radius 3 is 2.74 bits per heavy atom. The molecule has 0 bridgehead atoms. The second-order valence-corrected chi connectivity index (χ2v) is 5.23. The SMILES string of the molecule is CNc1cc(C)ccc1C(=O)NC1CCCCC1O. The Morgan fingerprint density at radius 2 is 2.05 bits per heavy atom. The number of hydrogen-bond acceptors (Lipinski definition) is 3. The van der Waals surface area contributed by atoms with Crippen LogP contribution in [-0.4, -0.2) is 30.2 Å². The number of carbonyl (C=O) groups excluding carboxylic acids is 1. The van der Waals surface area contributed by atoms with Crippen molar-refractivity contribution in [2.75, 3.05) is 12.4 Å². The number of rotatable bonds is 3. The topological polar surface area (TPSA) is 61.4 Å². The van der Waals surface area contributed by atoms with E-state index in [-0.39, 0.29) is 11.9 Å². The Kier molecular flexibility index (Phi) is 4.43. The Morgan fingerprint density at radius 1 is 1.32 bits per heavy atom. The van der Waals surface area contributed by atoms with E-state index in [0.29, 0.717) is 5.56 Å². The molecular weight excluding hydrogens is 240 g/mol. The van der Waals surface area contributed by atoms with E-state index >= 15 is 0 Å². The van der Waals surface area contributed by atoms with Crippen LogP contribution in [0.15, 0.2) is 18.2 Å². The molecule has 0 spiro atoms. The summed E-state index contributed by atoms with van der Waals surface area (Å²) in [5.74, 6) is -0.115. The molecule has 1 fully saturated rings. The lowest BCUT2D eigenvalue weighted by molar-refractivity contribution is 0.0718. The number of aliphatic hydroxyl groups is 1. The standard InChI is InChI=1S/C15H22N2O2/c1-10-7-8-11(13(9-10)16-2)15(19)17-12-5-3-4-6-14(12)18/h7-9,12,14,16,18H,3-6H2,1-2H3,(H,17,19). The molecule has 0 radical (unpaired) electrons. The molecule has 1 aliphatic carbocycles. The summed E-state index contributed by atoms with van der Waals surface area (Å²) in [6.45, 7) is 1.99. The Labute approximate surface area is 114 Å². The van der Waals surface area contributed by atoms with Crippen LogP contribution in [0.25, 0.3) is 0 Å². The zero-order valence-corrected chi connectivity index (χ0v) is 11.6. The fourth-order valence-corrected chi connectivity index (χ4v) is 2.59. The van der Waals surface area contributed by atoms with Gasteiger partial charge >= 0.3 is 0 Å². The zero-order chi connectivity index (χ0) is 13.8. The molecule has 2 unspecified atom stereocenters. The van der Waals surface area contributed by atoms with Crippen molar-refractivity contribution in [3.8, 4) is 0 Å². The lowest BCUT2D eigenvalue weighted by atomic mass is 9.92. The number of nitrogens with one attached hydrogen (secondary N) is 2. The zero-order valence-electron chi connectivity index (χ0n) is 11.6. The van der Waals surface area contributed by atoms with E-state index in [2.05, 4.69) is 10.6 Å². The normalized spacial score (nSPS) is 22.9. The highest BCUT2D eigenvalue weighted by molar-refractivity contribution is 5.99. The molecular formula is C15H22N2O2. The molecule has 1 amide bonds. The molecule has 4 nitrogen and oxygen atoms in total. The minimum absolute atomic E-state index is 0.115. The van der Waals surface area contributed by atoms with Crippen molar-refractivity contribution in [1.29, 1.82) is 0 Å². The average Bonchev–Trinajstić information content (AvgIpc) is 2.41. The van der Waals surface area contributed by atoms with Crippen molar-refractivity contribution in [1.82, 2.24) is 5.32 Å². The van der Waals surface area contributed by atoms with Gasteiger partial charge in [0.1, 0.15) is 0 Å². The maximum atomic E-state index is 12.3. The summed E-state index contributed by atoms with van der Waals surface area (Å²) in [5, 5.41) is 15.9. The fraction of sp³-hybridized carbons (Fsp3) is 0.533. The van der Waals surface area contributed by atoms with Crippen molar-refractivity contribution in [2.24, 2.45) is 0 Å². The van der Waals surface area contributed by atoms with Gasteiger partial charge in [-0.1, -0.05) is 18.9 Å². The van der Waals surface area contributed by atoms with E-state index in [1.165, 1.54) is 0 Å². The summed E-state index contributed by atoms with van der Waals surface area (Å²) in [7, 11) is 1.81. The highest BCUT2D eigenvalue weighted by atomic mass is 16.3. The molecule has 1 aromatic rings.